The number of carbonyl (C=O) groups is 1. The lowest BCUT2D eigenvalue weighted by Crippen LogP contribution is -2.13. The van der Waals surface area contributed by atoms with E-state index in [9.17, 15) is 13.6 Å². The van der Waals surface area contributed by atoms with Gasteiger partial charge in [-0.15, -0.1) is 0 Å². The molecule has 0 saturated carbocycles. The predicted molar refractivity (Wildman–Crippen MR) is 77.3 cm³/mol. The maximum absolute atomic E-state index is 13.8. The molecule has 0 aliphatic heterocycles. The van der Waals surface area contributed by atoms with Gasteiger partial charge in [0.25, 0.3) is 5.91 Å². The van der Waals surface area contributed by atoms with E-state index >= 15 is 0 Å². The van der Waals surface area contributed by atoms with Crippen molar-refractivity contribution in [3.63, 3.8) is 0 Å². The SMILES string of the molecule is Cc1cc(F)c(NC(=O)c2cccc3[nH]ccc23)cc1F. The van der Waals surface area contributed by atoms with Gasteiger partial charge >= 0.3 is 0 Å². The number of aryl methyl sites for hydroxylation is 1. The van der Waals surface area contributed by atoms with Gasteiger partial charge in [0.05, 0.1) is 5.69 Å². The van der Waals surface area contributed by atoms with Crippen LogP contribution < -0.4 is 5.32 Å². The van der Waals surface area contributed by atoms with E-state index in [1.165, 1.54) is 6.92 Å². The van der Waals surface area contributed by atoms with Crippen LogP contribution >= 0.6 is 0 Å². The third-order valence-corrected chi connectivity index (χ3v) is 3.34. The Balaban J connectivity index is 1.97. The average molecular weight is 286 g/mol. The highest BCUT2D eigenvalue weighted by atomic mass is 19.1. The molecule has 0 spiro atoms. The molecule has 3 rings (SSSR count). The topological polar surface area (TPSA) is 44.9 Å². The zero-order chi connectivity index (χ0) is 15.0. The first-order valence-corrected chi connectivity index (χ1v) is 6.39. The van der Waals surface area contributed by atoms with E-state index in [2.05, 4.69) is 10.3 Å². The van der Waals surface area contributed by atoms with Crippen LogP contribution in [0, 0.1) is 18.6 Å². The third-order valence-electron chi connectivity index (χ3n) is 3.34. The molecule has 0 fully saturated rings. The van der Waals surface area contributed by atoms with E-state index in [0.717, 1.165) is 23.0 Å². The smallest absolute Gasteiger partial charge is 0.256 e. The number of anilines is 1. The summed E-state index contributed by atoms with van der Waals surface area (Å²) in [6, 6.07) is 8.99. The highest BCUT2D eigenvalue weighted by molar-refractivity contribution is 6.12. The Morgan fingerprint density at radius 3 is 2.76 bits per heavy atom. The number of hydrogen-bond acceptors (Lipinski definition) is 1. The number of amides is 1. The number of nitrogens with one attached hydrogen (secondary N) is 2. The van der Waals surface area contributed by atoms with Crippen LogP contribution in [0.3, 0.4) is 0 Å². The molecule has 0 bridgehead atoms. The molecule has 0 aliphatic carbocycles. The number of rotatable bonds is 2. The van der Waals surface area contributed by atoms with Gasteiger partial charge in [0.2, 0.25) is 0 Å². The minimum Gasteiger partial charge on any atom is -0.361 e. The fourth-order valence-electron chi connectivity index (χ4n) is 2.22. The third kappa shape index (κ3) is 2.38. The summed E-state index contributed by atoms with van der Waals surface area (Å²) in [7, 11) is 0. The van der Waals surface area contributed by atoms with Gasteiger partial charge in [-0.3, -0.25) is 4.79 Å². The average Bonchev–Trinajstić information content (AvgIpc) is 2.92. The van der Waals surface area contributed by atoms with Gasteiger partial charge in [0.15, 0.2) is 0 Å². The molecular formula is C16H12F2N2O. The molecular weight excluding hydrogens is 274 g/mol. The minimum absolute atomic E-state index is 0.171. The molecule has 2 N–H and O–H groups in total. The van der Waals surface area contributed by atoms with Gasteiger partial charge in [0, 0.05) is 28.7 Å². The Bertz CT molecular complexity index is 839. The highest BCUT2D eigenvalue weighted by Crippen LogP contribution is 2.22. The Morgan fingerprint density at radius 2 is 1.95 bits per heavy atom. The Morgan fingerprint density at radius 1 is 1.14 bits per heavy atom. The number of aromatic amines is 1. The van der Waals surface area contributed by atoms with Crippen LogP contribution in [0.5, 0.6) is 0 Å². The second kappa shape index (κ2) is 5.01. The molecule has 0 atom stereocenters. The lowest BCUT2D eigenvalue weighted by Gasteiger charge is -2.08. The molecule has 1 amide bonds. The largest absolute Gasteiger partial charge is 0.361 e. The first-order valence-electron chi connectivity index (χ1n) is 6.39. The van der Waals surface area contributed by atoms with Crippen molar-refractivity contribution in [1.82, 2.24) is 4.98 Å². The second-order valence-electron chi connectivity index (χ2n) is 4.78. The lowest BCUT2D eigenvalue weighted by molar-refractivity contribution is 0.102. The van der Waals surface area contributed by atoms with E-state index in [1.54, 1.807) is 24.4 Å². The van der Waals surface area contributed by atoms with Crippen molar-refractivity contribution in [1.29, 1.82) is 0 Å². The van der Waals surface area contributed by atoms with Crippen LogP contribution in [-0.2, 0) is 0 Å². The molecule has 3 aromatic rings. The van der Waals surface area contributed by atoms with E-state index in [0.29, 0.717) is 5.56 Å². The van der Waals surface area contributed by atoms with E-state index in [1.807, 2.05) is 6.07 Å². The summed E-state index contributed by atoms with van der Waals surface area (Å²) >= 11 is 0. The summed E-state index contributed by atoms with van der Waals surface area (Å²) in [6.07, 6.45) is 1.72. The van der Waals surface area contributed by atoms with Gasteiger partial charge in [-0.05, 0) is 36.8 Å². The molecule has 0 saturated heterocycles. The molecule has 0 unspecified atom stereocenters. The lowest BCUT2D eigenvalue weighted by atomic mass is 10.1. The van der Waals surface area contributed by atoms with Gasteiger partial charge in [-0.1, -0.05) is 6.07 Å². The Kier molecular flexibility index (Phi) is 3.17. The van der Waals surface area contributed by atoms with Gasteiger partial charge in [-0.2, -0.15) is 0 Å². The van der Waals surface area contributed by atoms with Crippen LogP contribution in [0.1, 0.15) is 15.9 Å². The van der Waals surface area contributed by atoms with Crippen LogP contribution in [0.4, 0.5) is 14.5 Å². The van der Waals surface area contributed by atoms with Crippen molar-refractivity contribution in [3.8, 4) is 0 Å². The molecule has 0 aliphatic rings. The van der Waals surface area contributed by atoms with E-state index in [4.69, 9.17) is 0 Å². The molecule has 2 aromatic carbocycles. The van der Waals surface area contributed by atoms with Crippen LogP contribution in [-0.4, -0.2) is 10.9 Å². The van der Waals surface area contributed by atoms with Crippen LogP contribution in [0.15, 0.2) is 42.6 Å². The predicted octanol–water partition coefficient (Wildman–Crippen LogP) is 4.01. The normalized spacial score (nSPS) is 10.8. The van der Waals surface area contributed by atoms with Gasteiger partial charge in [-0.25, -0.2) is 8.78 Å². The number of halogens is 2. The maximum Gasteiger partial charge on any atom is 0.256 e. The summed E-state index contributed by atoms with van der Waals surface area (Å²) in [5.74, 6) is -1.71. The van der Waals surface area contributed by atoms with E-state index in [-0.39, 0.29) is 11.3 Å². The zero-order valence-corrected chi connectivity index (χ0v) is 11.2. The molecule has 106 valence electrons. The van der Waals surface area contributed by atoms with Crippen molar-refractivity contribution in [3.05, 3.63) is 65.4 Å². The van der Waals surface area contributed by atoms with Crippen molar-refractivity contribution in [2.45, 2.75) is 6.92 Å². The van der Waals surface area contributed by atoms with Crippen molar-refractivity contribution < 1.29 is 13.6 Å². The number of hydrogen-bond donors (Lipinski definition) is 2. The first-order chi connectivity index (χ1) is 10.1. The summed E-state index contributed by atoms with van der Waals surface area (Å²) in [5, 5.41) is 3.13. The first kappa shape index (κ1) is 13.3. The zero-order valence-electron chi connectivity index (χ0n) is 11.2. The summed E-state index contributed by atoms with van der Waals surface area (Å²) in [6.45, 7) is 1.46. The van der Waals surface area contributed by atoms with Crippen LogP contribution in [0.2, 0.25) is 0 Å². The summed E-state index contributed by atoms with van der Waals surface area (Å²) in [4.78, 5) is 15.3. The summed E-state index contributed by atoms with van der Waals surface area (Å²) in [5.41, 5.74) is 1.22. The monoisotopic (exact) mass is 286 g/mol. The second-order valence-corrected chi connectivity index (χ2v) is 4.78. The minimum atomic E-state index is -0.663. The number of aromatic nitrogens is 1. The van der Waals surface area contributed by atoms with Gasteiger partial charge in [0.1, 0.15) is 11.6 Å². The van der Waals surface area contributed by atoms with Crippen molar-refractivity contribution in [2.75, 3.05) is 5.32 Å². The number of benzene rings is 2. The fourth-order valence-corrected chi connectivity index (χ4v) is 2.22. The van der Waals surface area contributed by atoms with Gasteiger partial charge < -0.3 is 10.3 Å². The Hall–Kier alpha value is -2.69. The molecule has 21 heavy (non-hydrogen) atoms. The fraction of sp³-hybridized carbons (Fsp3) is 0.0625. The molecule has 1 aromatic heterocycles. The molecule has 0 radical (unpaired) electrons. The van der Waals surface area contributed by atoms with E-state index < -0.39 is 17.5 Å². The molecule has 3 nitrogen and oxygen atoms in total. The standard InChI is InChI=1S/C16H12F2N2O/c1-9-7-13(18)15(8-12(9)17)20-16(21)11-3-2-4-14-10(11)5-6-19-14/h2-8,19H,1H3,(H,20,21). The summed E-state index contributed by atoms with van der Waals surface area (Å²) < 4.78 is 27.3. The number of carbonyl (C=O) groups excluding carboxylic acids is 1. The number of fused-ring (bicyclic) bond motifs is 1. The molecule has 5 heteroatoms. The highest BCUT2D eigenvalue weighted by Gasteiger charge is 2.14. The van der Waals surface area contributed by atoms with Crippen LogP contribution in [0.25, 0.3) is 10.9 Å². The Labute approximate surface area is 119 Å². The van der Waals surface area contributed by atoms with Crippen molar-refractivity contribution >= 4 is 22.5 Å². The maximum atomic E-state index is 13.8. The quantitative estimate of drug-likeness (QED) is 0.734. The molecule has 1 heterocycles. The van der Waals surface area contributed by atoms with Crippen molar-refractivity contribution in [2.24, 2.45) is 0 Å². The number of H-pyrrole nitrogens is 1.